The molecule has 0 radical (unpaired) electrons. The summed E-state index contributed by atoms with van der Waals surface area (Å²) in [5.74, 6) is -1.51. The summed E-state index contributed by atoms with van der Waals surface area (Å²) in [6.45, 7) is 0.281. The molecule has 9 N–H and O–H groups in total. The Hall–Kier alpha value is -3.51. The Balaban J connectivity index is 1.38. The molecule has 3 aromatic rings. The molecule has 2 fully saturated rings. The summed E-state index contributed by atoms with van der Waals surface area (Å²) < 4.78 is 28.3. The van der Waals surface area contributed by atoms with Crippen molar-refractivity contribution >= 4 is 11.0 Å². The van der Waals surface area contributed by atoms with Gasteiger partial charge >= 0.3 is 0 Å². The van der Waals surface area contributed by atoms with E-state index in [2.05, 4.69) is 0 Å². The van der Waals surface area contributed by atoms with E-state index in [0.29, 0.717) is 5.56 Å². The number of hydrogen-bond acceptors (Lipinski definition) is 15. The highest BCUT2D eigenvalue weighted by molar-refractivity contribution is 5.88. The van der Waals surface area contributed by atoms with Crippen molar-refractivity contribution in [3.63, 3.8) is 0 Å². The average molecular weight is 609 g/mol. The van der Waals surface area contributed by atoms with E-state index < -0.39 is 91.4 Å². The van der Waals surface area contributed by atoms with Gasteiger partial charge in [-0.15, -0.1) is 0 Å². The largest absolute Gasteiger partial charge is 0.508 e. The molecule has 0 bridgehead atoms. The molecule has 0 saturated carbocycles. The van der Waals surface area contributed by atoms with Gasteiger partial charge < -0.3 is 69.3 Å². The van der Waals surface area contributed by atoms with Crippen LogP contribution in [-0.4, -0.2) is 120 Å². The number of phenolic OH excluding ortho intramolecular Hbond substituents is 3. The summed E-state index contributed by atoms with van der Waals surface area (Å²) >= 11 is 0. The Labute approximate surface area is 242 Å². The minimum atomic E-state index is -1.75. The van der Waals surface area contributed by atoms with Crippen LogP contribution in [0, 0.1) is 0 Å². The molecule has 0 amide bonds. The van der Waals surface area contributed by atoms with E-state index in [4.69, 9.17) is 23.4 Å². The number of fused-ring (bicyclic) bond motifs is 1. The van der Waals surface area contributed by atoms with Gasteiger partial charge in [0.1, 0.15) is 83.7 Å². The van der Waals surface area contributed by atoms with Gasteiger partial charge in [0.15, 0.2) is 12.1 Å². The topological polar surface area (TPSA) is 249 Å². The number of aliphatic hydroxyl groups is 6. The fraction of sp³-hybridized carbons (Fsp3) is 0.464. The number of aromatic hydroxyl groups is 3. The monoisotopic (exact) mass is 608 g/mol. The lowest BCUT2D eigenvalue weighted by atomic mass is 9.95. The Bertz CT molecular complexity index is 1490. The van der Waals surface area contributed by atoms with Gasteiger partial charge in [-0.1, -0.05) is 0 Å². The van der Waals surface area contributed by atoms with Gasteiger partial charge in [-0.05, 0) is 31.2 Å². The zero-order valence-corrected chi connectivity index (χ0v) is 22.6. The summed E-state index contributed by atoms with van der Waals surface area (Å²) in [6.07, 6.45) is -14.8. The highest BCUT2D eigenvalue weighted by Crippen LogP contribution is 2.37. The fourth-order valence-electron chi connectivity index (χ4n) is 5.16. The maximum Gasteiger partial charge on any atom is 0.239 e. The Morgan fingerprint density at radius 2 is 1.49 bits per heavy atom. The van der Waals surface area contributed by atoms with E-state index in [1.807, 2.05) is 0 Å². The summed E-state index contributed by atoms with van der Waals surface area (Å²) in [5, 5.41) is 91.1. The number of hydrogen-bond donors (Lipinski definition) is 9. The molecule has 5 rings (SSSR count). The average Bonchev–Trinajstić information content (AvgIpc) is 2.97. The highest BCUT2D eigenvalue weighted by atomic mass is 16.7. The summed E-state index contributed by atoms with van der Waals surface area (Å²) in [4.78, 5) is 13.5. The van der Waals surface area contributed by atoms with Crippen molar-refractivity contribution in [3.8, 4) is 34.3 Å². The molecule has 234 valence electrons. The van der Waals surface area contributed by atoms with E-state index in [1.165, 1.54) is 31.2 Å². The van der Waals surface area contributed by atoms with Crippen molar-refractivity contribution in [2.75, 3.05) is 13.2 Å². The van der Waals surface area contributed by atoms with Gasteiger partial charge in [-0.25, -0.2) is 0 Å². The third-order valence-electron chi connectivity index (χ3n) is 7.50. The predicted octanol–water partition coefficient (Wildman–Crippen LogP) is -1.35. The second-order valence-electron chi connectivity index (χ2n) is 10.4. The lowest BCUT2D eigenvalue weighted by Crippen LogP contribution is -2.64. The maximum absolute atomic E-state index is 13.5. The molecule has 1 aromatic heterocycles. The molecule has 2 saturated heterocycles. The molecule has 10 atom stereocenters. The van der Waals surface area contributed by atoms with Crippen LogP contribution in [0.2, 0.25) is 0 Å². The number of rotatable bonds is 7. The number of phenols is 3. The van der Waals surface area contributed by atoms with Crippen LogP contribution in [0.15, 0.2) is 45.6 Å². The van der Waals surface area contributed by atoms with E-state index in [0.717, 1.165) is 12.1 Å². The van der Waals surface area contributed by atoms with Gasteiger partial charge in [0.05, 0.1) is 12.7 Å². The lowest BCUT2D eigenvalue weighted by molar-refractivity contribution is -0.339. The first-order valence-electron chi connectivity index (χ1n) is 13.3. The first-order chi connectivity index (χ1) is 20.4. The second kappa shape index (κ2) is 12.2. The van der Waals surface area contributed by atoms with Crippen molar-refractivity contribution in [1.82, 2.24) is 0 Å². The number of benzene rings is 2. The summed E-state index contributed by atoms with van der Waals surface area (Å²) in [6, 6.07) is 7.63. The zero-order chi connectivity index (χ0) is 31.2. The molecule has 2 aliphatic rings. The maximum atomic E-state index is 13.5. The molecule has 15 nitrogen and oxygen atoms in total. The van der Waals surface area contributed by atoms with Crippen molar-refractivity contribution in [1.29, 1.82) is 0 Å². The van der Waals surface area contributed by atoms with Crippen LogP contribution in [-0.2, 0) is 14.2 Å². The predicted molar refractivity (Wildman–Crippen MR) is 143 cm³/mol. The van der Waals surface area contributed by atoms with Crippen LogP contribution in [0.1, 0.15) is 6.92 Å². The van der Waals surface area contributed by atoms with E-state index in [9.17, 15) is 50.8 Å². The minimum Gasteiger partial charge on any atom is -0.508 e. The number of ether oxygens (including phenoxy) is 4. The highest BCUT2D eigenvalue weighted by Gasteiger charge is 2.49. The van der Waals surface area contributed by atoms with Crippen LogP contribution in [0.3, 0.4) is 0 Å². The summed E-state index contributed by atoms with van der Waals surface area (Å²) in [5.41, 5.74) is -0.671. The normalized spacial score (nSPS) is 33.0. The smallest absolute Gasteiger partial charge is 0.239 e. The van der Waals surface area contributed by atoms with Crippen LogP contribution < -0.4 is 10.2 Å². The van der Waals surface area contributed by atoms with Crippen molar-refractivity contribution in [2.45, 2.75) is 68.1 Å². The fourth-order valence-corrected chi connectivity index (χ4v) is 5.16. The van der Waals surface area contributed by atoms with Crippen molar-refractivity contribution in [2.24, 2.45) is 0 Å². The molecular formula is C28H32O15. The van der Waals surface area contributed by atoms with E-state index in [1.54, 1.807) is 0 Å². The quantitative estimate of drug-likeness (QED) is 0.150. The first-order valence-corrected chi connectivity index (χ1v) is 13.3. The lowest BCUT2D eigenvalue weighted by Gasteiger charge is -2.45. The number of aliphatic hydroxyl groups excluding tert-OH is 6. The van der Waals surface area contributed by atoms with Gasteiger partial charge in [-0.3, -0.25) is 4.79 Å². The Kier molecular flexibility index (Phi) is 8.80. The molecule has 43 heavy (non-hydrogen) atoms. The minimum absolute atomic E-state index is 0.0631. The molecule has 3 heterocycles. The zero-order valence-electron chi connectivity index (χ0n) is 22.6. The van der Waals surface area contributed by atoms with Gasteiger partial charge in [-0.2, -0.15) is 0 Å². The summed E-state index contributed by atoms with van der Waals surface area (Å²) in [7, 11) is 0. The van der Waals surface area contributed by atoms with E-state index >= 15 is 0 Å². The van der Waals surface area contributed by atoms with Crippen LogP contribution >= 0.6 is 0 Å². The molecule has 0 unspecified atom stereocenters. The molecule has 15 heteroatoms. The van der Waals surface area contributed by atoms with Crippen molar-refractivity contribution < 1.29 is 69.3 Å². The molecule has 2 aromatic carbocycles. The first kappa shape index (κ1) is 30.9. The van der Waals surface area contributed by atoms with Crippen LogP contribution in [0.4, 0.5) is 0 Å². The Morgan fingerprint density at radius 1 is 0.814 bits per heavy atom. The van der Waals surface area contributed by atoms with Gasteiger partial charge in [0.25, 0.3) is 0 Å². The van der Waals surface area contributed by atoms with Gasteiger partial charge in [0, 0.05) is 17.7 Å². The molecular weight excluding hydrogens is 576 g/mol. The van der Waals surface area contributed by atoms with Crippen LogP contribution in [0.5, 0.6) is 23.0 Å². The third kappa shape index (κ3) is 5.86. The molecule has 0 spiro atoms. The Morgan fingerprint density at radius 3 is 2.16 bits per heavy atom. The molecule has 0 aliphatic carbocycles. The van der Waals surface area contributed by atoms with Crippen LogP contribution in [0.25, 0.3) is 22.3 Å². The van der Waals surface area contributed by atoms with Crippen molar-refractivity contribution in [3.05, 3.63) is 46.6 Å². The third-order valence-corrected chi connectivity index (χ3v) is 7.50. The second-order valence-corrected chi connectivity index (χ2v) is 10.4. The SMILES string of the molecule is C[C@H]1O[C@@H](COc2c(-c3ccc(O)cc3)oc3cc(O)cc(O)c3c2=O)[C@H](O)[C@H](O)[C@H]1O[C@H]1O[C@H](CO)[C@@H](O)[C@H](O)[C@H]1O. The standard InChI is InChI=1S/C28H32O15/c1-10-25(43-28-24(38)22(36)19(33)16(8-29)42-28)23(37)20(34)17(40-10)9-39-27-21(35)18-14(32)6-13(31)7-15(18)41-26(27)11-2-4-12(30)5-3-11/h2-7,10,16-17,19-20,22-25,28-34,36-38H,8-9H2,1H3/t10-,16-,17+,19-,20+,22+,23+,24-,25+,28-/m1/s1. The van der Waals surface area contributed by atoms with Gasteiger partial charge in [0.2, 0.25) is 11.2 Å². The van der Waals surface area contributed by atoms with E-state index in [-0.39, 0.29) is 28.2 Å². The molecule has 2 aliphatic heterocycles.